The van der Waals surface area contributed by atoms with E-state index in [9.17, 15) is 14.4 Å². The van der Waals surface area contributed by atoms with Crippen LogP contribution in [0.3, 0.4) is 0 Å². The highest BCUT2D eigenvalue weighted by Crippen LogP contribution is 2.28. The SMILES string of the molecule is CCCCC(=O)Nc1ccc(NC2=C(C(=O)OC)CN(CCO)C2=O)cc1Cl. The molecule has 0 spiro atoms. The summed E-state index contributed by atoms with van der Waals surface area (Å²) >= 11 is 6.24. The van der Waals surface area contributed by atoms with E-state index in [1.165, 1.54) is 12.0 Å². The average molecular weight is 410 g/mol. The summed E-state index contributed by atoms with van der Waals surface area (Å²) in [7, 11) is 1.24. The number of rotatable bonds is 9. The molecule has 0 bridgehead atoms. The second kappa shape index (κ2) is 10.1. The normalized spacial score (nSPS) is 13.7. The van der Waals surface area contributed by atoms with Gasteiger partial charge in [0, 0.05) is 18.7 Å². The van der Waals surface area contributed by atoms with Crippen molar-refractivity contribution < 1.29 is 24.2 Å². The Hall–Kier alpha value is -2.58. The molecule has 28 heavy (non-hydrogen) atoms. The molecule has 152 valence electrons. The Kier molecular flexibility index (Phi) is 7.83. The van der Waals surface area contributed by atoms with E-state index in [0.717, 1.165) is 12.8 Å². The van der Waals surface area contributed by atoms with Gasteiger partial charge in [-0.1, -0.05) is 24.9 Å². The second-order valence-electron chi connectivity index (χ2n) is 6.27. The van der Waals surface area contributed by atoms with E-state index in [-0.39, 0.29) is 36.9 Å². The predicted octanol–water partition coefficient (Wildman–Crippen LogP) is 2.14. The molecule has 0 aromatic heterocycles. The van der Waals surface area contributed by atoms with Crippen molar-refractivity contribution in [3.05, 3.63) is 34.5 Å². The van der Waals surface area contributed by atoms with Crippen LogP contribution in [0.15, 0.2) is 29.5 Å². The largest absolute Gasteiger partial charge is 0.466 e. The number of β-amino-alcohol motifs (C(OH)–C–C–N with tert-alkyl or cyclic N) is 1. The number of carbonyl (C=O) groups excluding carboxylic acids is 3. The topological polar surface area (TPSA) is 108 Å². The molecular weight excluding hydrogens is 386 g/mol. The molecule has 0 aliphatic carbocycles. The molecule has 2 rings (SSSR count). The molecular formula is C19H24ClN3O5. The Morgan fingerprint density at radius 3 is 2.71 bits per heavy atom. The zero-order valence-electron chi connectivity index (χ0n) is 15.9. The average Bonchev–Trinajstić information content (AvgIpc) is 2.98. The van der Waals surface area contributed by atoms with Crippen LogP contribution in [0, 0.1) is 0 Å². The van der Waals surface area contributed by atoms with Crippen LogP contribution in [0.25, 0.3) is 0 Å². The van der Waals surface area contributed by atoms with E-state index in [1.54, 1.807) is 18.2 Å². The van der Waals surface area contributed by atoms with Gasteiger partial charge in [-0.05, 0) is 24.6 Å². The fourth-order valence-electron chi connectivity index (χ4n) is 2.74. The highest BCUT2D eigenvalue weighted by molar-refractivity contribution is 6.34. The number of hydrogen-bond acceptors (Lipinski definition) is 6. The molecule has 1 aliphatic rings. The summed E-state index contributed by atoms with van der Waals surface area (Å²) in [6.45, 7) is 1.94. The van der Waals surface area contributed by atoms with Gasteiger partial charge < -0.3 is 25.4 Å². The van der Waals surface area contributed by atoms with Crippen LogP contribution in [0.4, 0.5) is 11.4 Å². The van der Waals surface area contributed by atoms with Crippen molar-refractivity contribution in [2.24, 2.45) is 0 Å². The number of halogens is 1. The first-order valence-electron chi connectivity index (χ1n) is 8.99. The van der Waals surface area contributed by atoms with Gasteiger partial charge in [0.15, 0.2) is 0 Å². The number of esters is 1. The van der Waals surface area contributed by atoms with Crippen LogP contribution in [0.1, 0.15) is 26.2 Å². The van der Waals surface area contributed by atoms with Gasteiger partial charge >= 0.3 is 5.97 Å². The quantitative estimate of drug-likeness (QED) is 0.539. The first kappa shape index (κ1) is 21.7. The number of aliphatic hydroxyl groups is 1. The molecule has 2 amide bonds. The van der Waals surface area contributed by atoms with Gasteiger partial charge in [-0.25, -0.2) is 4.79 Å². The van der Waals surface area contributed by atoms with Crippen molar-refractivity contribution in [3.63, 3.8) is 0 Å². The summed E-state index contributed by atoms with van der Waals surface area (Å²) in [6, 6.07) is 4.82. The van der Waals surface area contributed by atoms with E-state index < -0.39 is 11.9 Å². The number of nitrogens with one attached hydrogen (secondary N) is 2. The molecule has 1 heterocycles. The Labute approximate surface area is 168 Å². The van der Waals surface area contributed by atoms with Crippen molar-refractivity contribution >= 4 is 40.8 Å². The number of aliphatic hydroxyl groups excluding tert-OH is 1. The van der Waals surface area contributed by atoms with Gasteiger partial charge in [0.05, 0.1) is 36.5 Å². The smallest absolute Gasteiger partial charge is 0.337 e. The van der Waals surface area contributed by atoms with Gasteiger partial charge in [-0.3, -0.25) is 9.59 Å². The maximum atomic E-state index is 12.5. The Balaban J connectivity index is 2.18. The summed E-state index contributed by atoms with van der Waals surface area (Å²) in [5.41, 5.74) is 1.20. The number of anilines is 2. The number of hydrogen-bond donors (Lipinski definition) is 3. The Morgan fingerprint density at radius 1 is 1.36 bits per heavy atom. The monoisotopic (exact) mass is 409 g/mol. The fourth-order valence-corrected chi connectivity index (χ4v) is 2.97. The van der Waals surface area contributed by atoms with Crippen LogP contribution in [-0.2, 0) is 19.1 Å². The summed E-state index contributed by atoms with van der Waals surface area (Å²) < 4.78 is 4.74. The lowest BCUT2D eigenvalue weighted by atomic mass is 10.2. The van der Waals surface area contributed by atoms with E-state index >= 15 is 0 Å². The minimum Gasteiger partial charge on any atom is -0.466 e. The number of methoxy groups -OCH3 is 1. The van der Waals surface area contributed by atoms with Crippen molar-refractivity contribution in [3.8, 4) is 0 Å². The standard InChI is InChI=1S/C19H24ClN3O5/c1-3-4-5-16(25)22-15-7-6-12(10-14(15)20)21-17-13(19(27)28-2)11-23(8-9-24)18(17)26/h6-7,10,21,24H,3-5,8-9,11H2,1-2H3,(H,22,25). The van der Waals surface area contributed by atoms with Crippen LogP contribution >= 0.6 is 11.6 Å². The Morgan fingerprint density at radius 2 is 2.11 bits per heavy atom. The molecule has 1 aromatic carbocycles. The maximum absolute atomic E-state index is 12.5. The molecule has 0 atom stereocenters. The van der Waals surface area contributed by atoms with Crippen LogP contribution in [0.5, 0.6) is 0 Å². The molecule has 3 N–H and O–H groups in total. The lowest BCUT2D eigenvalue weighted by Gasteiger charge is -2.15. The molecule has 1 aromatic rings. The first-order valence-corrected chi connectivity index (χ1v) is 9.37. The highest BCUT2D eigenvalue weighted by Gasteiger charge is 2.34. The van der Waals surface area contributed by atoms with Gasteiger partial charge in [-0.2, -0.15) is 0 Å². The lowest BCUT2D eigenvalue weighted by molar-refractivity contribution is -0.136. The third kappa shape index (κ3) is 5.24. The first-order chi connectivity index (χ1) is 13.4. The zero-order chi connectivity index (χ0) is 20.7. The number of carbonyl (C=O) groups is 3. The maximum Gasteiger partial charge on any atom is 0.337 e. The molecule has 0 unspecified atom stereocenters. The molecule has 1 aliphatic heterocycles. The third-order valence-corrected chi connectivity index (χ3v) is 4.54. The van der Waals surface area contributed by atoms with E-state index in [2.05, 4.69) is 10.6 Å². The van der Waals surface area contributed by atoms with Crippen molar-refractivity contribution in [1.29, 1.82) is 0 Å². The van der Waals surface area contributed by atoms with Crippen LogP contribution in [0.2, 0.25) is 5.02 Å². The number of ether oxygens (including phenoxy) is 1. The van der Waals surface area contributed by atoms with Gasteiger partial charge in [0.2, 0.25) is 5.91 Å². The molecule has 8 nitrogen and oxygen atoms in total. The van der Waals surface area contributed by atoms with E-state index in [1.807, 2.05) is 6.92 Å². The minimum atomic E-state index is -0.623. The fraction of sp³-hybridized carbons (Fsp3) is 0.421. The Bertz CT molecular complexity index is 794. The predicted molar refractivity (Wildman–Crippen MR) is 106 cm³/mol. The van der Waals surface area contributed by atoms with Gasteiger partial charge in [-0.15, -0.1) is 0 Å². The molecule has 9 heteroatoms. The van der Waals surface area contributed by atoms with E-state index in [0.29, 0.717) is 22.8 Å². The highest BCUT2D eigenvalue weighted by atomic mass is 35.5. The van der Waals surface area contributed by atoms with E-state index in [4.69, 9.17) is 21.4 Å². The third-order valence-electron chi connectivity index (χ3n) is 4.22. The number of benzene rings is 1. The van der Waals surface area contributed by atoms with Gasteiger partial charge in [0.25, 0.3) is 5.91 Å². The van der Waals surface area contributed by atoms with Crippen molar-refractivity contribution in [2.75, 3.05) is 37.4 Å². The minimum absolute atomic E-state index is 0.0493. The molecule has 0 fully saturated rings. The van der Waals surface area contributed by atoms with Crippen molar-refractivity contribution in [1.82, 2.24) is 4.90 Å². The second-order valence-corrected chi connectivity index (χ2v) is 6.67. The summed E-state index contributed by atoms with van der Waals surface area (Å²) in [5.74, 6) is -1.16. The zero-order valence-corrected chi connectivity index (χ0v) is 16.6. The molecule has 0 radical (unpaired) electrons. The number of amides is 2. The number of nitrogens with zero attached hydrogens (tertiary/aromatic N) is 1. The lowest BCUT2D eigenvalue weighted by Crippen LogP contribution is -2.31. The molecule has 0 saturated heterocycles. The molecule has 0 saturated carbocycles. The van der Waals surface area contributed by atoms with Crippen molar-refractivity contribution in [2.45, 2.75) is 26.2 Å². The van der Waals surface area contributed by atoms with Crippen LogP contribution < -0.4 is 10.6 Å². The van der Waals surface area contributed by atoms with Gasteiger partial charge in [0.1, 0.15) is 5.70 Å². The number of unbranched alkanes of at least 4 members (excludes halogenated alkanes) is 1. The summed E-state index contributed by atoms with van der Waals surface area (Å²) in [6.07, 6.45) is 2.13. The summed E-state index contributed by atoms with van der Waals surface area (Å²) in [5, 5.41) is 15.0. The summed E-state index contributed by atoms with van der Waals surface area (Å²) in [4.78, 5) is 37.7. The van der Waals surface area contributed by atoms with Crippen LogP contribution in [-0.4, -0.2) is 54.6 Å².